The molecule has 1 aliphatic rings. The van der Waals surface area contributed by atoms with Crippen molar-refractivity contribution in [2.75, 3.05) is 23.3 Å². The van der Waals surface area contributed by atoms with E-state index in [9.17, 15) is 9.18 Å². The number of pyridine rings is 1. The number of amides is 1. The Kier molecular flexibility index (Phi) is 5.62. The SMILES string of the molecule is O=C(Nc1ncc(Cc2ccccc2F)s1)c1cccnc1N1CCCCC1. The third kappa shape index (κ3) is 4.20. The molecule has 1 N–H and O–H groups in total. The van der Waals surface area contributed by atoms with E-state index in [1.807, 2.05) is 6.07 Å². The first-order valence-corrected chi connectivity index (χ1v) is 10.2. The van der Waals surface area contributed by atoms with Gasteiger partial charge in [0, 0.05) is 36.8 Å². The van der Waals surface area contributed by atoms with Crippen LogP contribution in [0.2, 0.25) is 0 Å². The van der Waals surface area contributed by atoms with Crippen molar-refractivity contribution in [1.29, 1.82) is 0 Å². The summed E-state index contributed by atoms with van der Waals surface area (Å²) in [6, 6.07) is 10.3. The van der Waals surface area contributed by atoms with Gasteiger partial charge in [0.05, 0.1) is 5.56 Å². The van der Waals surface area contributed by atoms with Crippen molar-refractivity contribution in [2.24, 2.45) is 0 Å². The van der Waals surface area contributed by atoms with Gasteiger partial charge in [0.1, 0.15) is 11.6 Å². The molecule has 1 amide bonds. The molecule has 7 heteroatoms. The molecule has 1 aliphatic heterocycles. The zero-order valence-corrected chi connectivity index (χ0v) is 16.2. The van der Waals surface area contributed by atoms with Crippen molar-refractivity contribution in [2.45, 2.75) is 25.7 Å². The predicted molar refractivity (Wildman–Crippen MR) is 110 cm³/mol. The van der Waals surface area contributed by atoms with Crippen LogP contribution < -0.4 is 10.2 Å². The normalized spacial score (nSPS) is 14.1. The van der Waals surface area contributed by atoms with Crippen molar-refractivity contribution in [3.63, 3.8) is 0 Å². The smallest absolute Gasteiger partial charge is 0.261 e. The molecule has 4 rings (SSSR count). The van der Waals surface area contributed by atoms with Crippen LogP contribution in [0.25, 0.3) is 0 Å². The highest BCUT2D eigenvalue weighted by Gasteiger charge is 2.20. The number of hydrogen-bond donors (Lipinski definition) is 1. The fourth-order valence-corrected chi connectivity index (χ4v) is 4.20. The molecule has 2 aromatic heterocycles. The van der Waals surface area contributed by atoms with Crippen molar-refractivity contribution in [3.8, 4) is 0 Å². The number of rotatable bonds is 5. The molecule has 3 heterocycles. The maximum Gasteiger partial charge on any atom is 0.261 e. The van der Waals surface area contributed by atoms with E-state index in [1.54, 1.807) is 36.7 Å². The minimum absolute atomic E-state index is 0.222. The number of aromatic nitrogens is 2. The number of carbonyl (C=O) groups is 1. The second kappa shape index (κ2) is 8.48. The van der Waals surface area contributed by atoms with Gasteiger partial charge in [-0.1, -0.05) is 18.2 Å². The zero-order chi connectivity index (χ0) is 19.3. The van der Waals surface area contributed by atoms with Gasteiger partial charge in [0.2, 0.25) is 0 Å². The van der Waals surface area contributed by atoms with Gasteiger partial charge >= 0.3 is 0 Å². The molecule has 1 fully saturated rings. The van der Waals surface area contributed by atoms with Crippen LogP contribution in [0, 0.1) is 5.82 Å². The number of carbonyl (C=O) groups excluding carboxylic acids is 1. The molecule has 0 radical (unpaired) electrons. The van der Waals surface area contributed by atoms with Gasteiger partial charge in [-0.15, -0.1) is 11.3 Å². The molecular weight excluding hydrogens is 375 g/mol. The van der Waals surface area contributed by atoms with E-state index in [0.29, 0.717) is 22.7 Å². The summed E-state index contributed by atoms with van der Waals surface area (Å²) in [4.78, 5) is 24.6. The molecule has 0 spiro atoms. The average molecular weight is 396 g/mol. The van der Waals surface area contributed by atoms with Crippen LogP contribution in [-0.4, -0.2) is 29.0 Å². The Balaban J connectivity index is 1.47. The predicted octanol–water partition coefficient (Wildman–Crippen LogP) is 4.51. The fourth-order valence-electron chi connectivity index (χ4n) is 3.37. The number of thiazole rings is 1. The van der Waals surface area contributed by atoms with Crippen molar-refractivity contribution in [1.82, 2.24) is 9.97 Å². The van der Waals surface area contributed by atoms with Gasteiger partial charge in [-0.25, -0.2) is 14.4 Å². The molecule has 0 atom stereocenters. The maximum absolute atomic E-state index is 13.8. The third-order valence-corrected chi connectivity index (χ3v) is 5.70. The Morgan fingerprint density at radius 2 is 1.93 bits per heavy atom. The van der Waals surface area contributed by atoms with E-state index in [0.717, 1.165) is 36.6 Å². The molecule has 1 saturated heterocycles. The van der Waals surface area contributed by atoms with Gasteiger partial charge in [0.25, 0.3) is 5.91 Å². The Morgan fingerprint density at radius 1 is 1.11 bits per heavy atom. The first-order valence-electron chi connectivity index (χ1n) is 9.40. The number of benzene rings is 1. The average Bonchev–Trinajstić information content (AvgIpc) is 3.17. The Bertz CT molecular complexity index is 968. The summed E-state index contributed by atoms with van der Waals surface area (Å²) in [6.07, 6.45) is 7.30. The van der Waals surface area contributed by atoms with Crippen LogP contribution in [0.5, 0.6) is 0 Å². The highest BCUT2D eigenvalue weighted by molar-refractivity contribution is 7.15. The number of anilines is 2. The lowest BCUT2D eigenvalue weighted by atomic mass is 10.1. The van der Waals surface area contributed by atoms with E-state index in [1.165, 1.54) is 23.8 Å². The van der Waals surface area contributed by atoms with Gasteiger partial charge in [-0.2, -0.15) is 0 Å². The lowest BCUT2D eigenvalue weighted by Crippen LogP contribution is -2.32. The third-order valence-electron chi connectivity index (χ3n) is 4.78. The lowest BCUT2D eigenvalue weighted by Gasteiger charge is -2.28. The molecule has 0 bridgehead atoms. The summed E-state index contributed by atoms with van der Waals surface area (Å²) in [7, 11) is 0. The number of nitrogens with zero attached hydrogens (tertiary/aromatic N) is 3. The monoisotopic (exact) mass is 396 g/mol. The Labute approximate surface area is 167 Å². The first kappa shape index (κ1) is 18.6. The summed E-state index contributed by atoms with van der Waals surface area (Å²) in [5.74, 6) is 0.270. The molecule has 28 heavy (non-hydrogen) atoms. The highest BCUT2D eigenvalue weighted by atomic mass is 32.1. The minimum Gasteiger partial charge on any atom is -0.356 e. The van der Waals surface area contributed by atoms with Gasteiger partial charge in [0.15, 0.2) is 5.13 Å². The molecule has 0 saturated carbocycles. The molecule has 144 valence electrons. The summed E-state index contributed by atoms with van der Waals surface area (Å²) in [5, 5.41) is 3.37. The minimum atomic E-state index is -0.233. The molecule has 3 aromatic rings. The van der Waals surface area contributed by atoms with Gasteiger partial charge in [-0.3, -0.25) is 10.1 Å². The molecule has 5 nitrogen and oxygen atoms in total. The summed E-state index contributed by atoms with van der Waals surface area (Å²) in [5.41, 5.74) is 1.17. The zero-order valence-electron chi connectivity index (χ0n) is 15.4. The quantitative estimate of drug-likeness (QED) is 0.689. The van der Waals surface area contributed by atoms with Crippen LogP contribution in [-0.2, 0) is 6.42 Å². The van der Waals surface area contributed by atoms with Crippen LogP contribution in [0.3, 0.4) is 0 Å². The Hall–Kier alpha value is -2.80. The van der Waals surface area contributed by atoms with E-state index in [-0.39, 0.29) is 11.7 Å². The van der Waals surface area contributed by atoms with Crippen LogP contribution in [0.4, 0.5) is 15.3 Å². The van der Waals surface area contributed by atoms with E-state index < -0.39 is 0 Å². The van der Waals surface area contributed by atoms with Crippen LogP contribution in [0.15, 0.2) is 48.8 Å². The van der Waals surface area contributed by atoms with E-state index in [4.69, 9.17) is 0 Å². The molecule has 0 unspecified atom stereocenters. The standard InChI is InChI=1S/C21H21FN4OS/c22-18-9-3-2-7-15(18)13-16-14-24-21(28-16)25-20(27)17-8-6-10-23-19(17)26-11-4-1-5-12-26/h2-3,6-10,14H,1,4-5,11-13H2,(H,24,25,27). The highest BCUT2D eigenvalue weighted by Crippen LogP contribution is 2.25. The topological polar surface area (TPSA) is 58.1 Å². The molecule has 1 aromatic carbocycles. The van der Waals surface area contributed by atoms with Crippen LogP contribution >= 0.6 is 11.3 Å². The van der Waals surface area contributed by atoms with E-state index >= 15 is 0 Å². The summed E-state index contributed by atoms with van der Waals surface area (Å²) >= 11 is 1.36. The number of piperidine rings is 1. The number of nitrogens with one attached hydrogen (secondary N) is 1. The van der Waals surface area contributed by atoms with Crippen molar-refractivity contribution in [3.05, 3.63) is 70.6 Å². The fraction of sp³-hybridized carbons (Fsp3) is 0.286. The second-order valence-corrected chi connectivity index (χ2v) is 7.89. The Morgan fingerprint density at radius 3 is 2.75 bits per heavy atom. The van der Waals surface area contributed by atoms with Crippen molar-refractivity contribution < 1.29 is 9.18 Å². The number of halogens is 1. The second-order valence-electron chi connectivity index (χ2n) is 6.78. The van der Waals surface area contributed by atoms with Crippen LogP contribution in [0.1, 0.15) is 40.1 Å². The molecule has 0 aliphatic carbocycles. The van der Waals surface area contributed by atoms with E-state index in [2.05, 4.69) is 20.2 Å². The largest absolute Gasteiger partial charge is 0.356 e. The summed E-state index contributed by atoms with van der Waals surface area (Å²) < 4.78 is 13.8. The number of hydrogen-bond acceptors (Lipinski definition) is 5. The maximum atomic E-state index is 13.8. The first-order chi connectivity index (χ1) is 13.7. The molecular formula is C21H21FN4OS. The van der Waals surface area contributed by atoms with Gasteiger partial charge in [-0.05, 0) is 43.0 Å². The lowest BCUT2D eigenvalue weighted by molar-refractivity contribution is 0.102. The summed E-state index contributed by atoms with van der Waals surface area (Å²) in [6.45, 7) is 1.84. The van der Waals surface area contributed by atoms with Crippen molar-refractivity contribution >= 4 is 28.2 Å². The van der Waals surface area contributed by atoms with Gasteiger partial charge < -0.3 is 4.90 Å².